The number of carbonyl (C=O) groups is 1. The Morgan fingerprint density at radius 3 is 2.42 bits per heavy atom. The molecule has 1 atom stereocenters. The maximum absolute atomic E-state index is 14.6. The highest BCUT2D eigenvalue weighted by atomic mass is 19.1. The lowest BCUT2D eigenvalue weighted by Crippen LogP contribution is -2.41. The van der Waals surface area contributed by atoms with E-state index in [1.165, 1.54) is 12.1 Å². The highest BCUT2D eigenvalue weighted by Gasteiger charge is 2.26. The minimum Gasteiger partial charge on any atom is -0.487 e. The van der Waals surface area contributed by atoms with Gasteiger partial charge in [0.25, 0.3) is 0 Å². The van der Waals surface area contributed by atoms with Gasteiger partial charge in [0.1, 0.15) is 6.10 Å². The van der Waals surface area contributed by atoms with Crippen molar-refractivity contribution in [2.45, 2.75) is 53.1 Å². The summed E-state index contributed by atoms with van der Waals surface area (Å²) in [7, 11) is 0. The van der Waals surface area contributed by atoms with Gasteiger partial charge in [-0.1, -0.05) is 13.0 Å². The summed E-state index contributed by atoms with van der Waals surface area (Å²) in [5.74, 6) is -1.70. The van der Waals surface area contributed by atoms with Gasteiger partial charge in [-0.15, -0.1) is 0 Å². The SMILES string of the molecule is CCC(C)OC(=O)N1CCC(COc2c(F)cc(-c3ccc(C)nc3C)cc2F)CC1. The van der Waals surface area contributed by atoms with Crippen LogP contribution in [0.15, 0.2) is 24.3 Å². The van der Waals surface area contributed by atoms with E-state index in [0.29, 0.717) is 42.8 Å². The van der Waals surface area contributed by atoms with E-state index in [-0.39, 0.29) is 30.5 Å². The van der Waals surface area contributed by atoms with Crippen molar-refractivity contribution in [2.24, 2.45) is 5.92 Å². The average molecular weight is 433 g/mol. The molecule has 0 radical (unpaired) electrons. The Hall–Kier alpha value is -2.70. The number of hydrogen-bond acceptors (Lipinski definition) is 4. The number of piperidine rings is 1. The first-order valence-electron chi connectivity index (χ1n) is 10.8. The largest absolute Gasteiger partial charge is 0.487 e. The van der Waals surface area contributed by atoms with E-state index in [0.717, 1.165) is 12.1 Å². The van der Waals surface area contributed by atoms with Crippen LogP contribution >= 0.6 is 0 Å². The van der Waals surface area contributed by atoms with Crippen LogP contribution in [-0.4, -0.2) is 41.8 Å². The number of benzene rings is 1. The molecular weight excluding hydrogens is 402 g/mol. The summed E-state index contributed by atoms with van der Waals surface area (Å²) in [6.45, 7) is 8.81. The van der Waals surface area contributed by atoms with Crippen LogP contribution in [0.25, 0.3) is 11.1 Å². The van der Waals surface area contributed by atoms with Crippen LogP contribution in [0.2, 0.25) is 0 Å². The standard InChI is InChI=1S/C24H30F2N2O3/c1-5-16(3)31-24(29)28-10-8-18(9-11-28)14-30-23-21(25)12-19(13-22(23)26)20-7-6-15(2)27-17(20)4/h6-7,12-13,16,18H,5,8-11,14H2,1-4H3. The summed E-state index contributed by atoms with van der Waals surface area (Å²) in [6.07, 6.45) is 1.76. The molecule has 5 nitrogen and oxygen atoms in total. The summed E-state index contributed by atoms with van der Waals surface area (Å²) in [6, 6.07) is 6.19. The zero-order valence-corrected chi connectivity index (χ0v) is 18.6. The Kier molecular flexibility index (Phi) is 7.46. The number of carbonyl (C=O) groups excluding carboxylic acids is 1. The van der Waals surface area contributed by atoms with Gasteiger partial charge in [-0.25, -0.2) is 13.6 Å². The third kappa shape index (κ3) is 5.71. The van der Waals surface area contributed by atoms with Gasteiger partial charge in [-0.2, -0.15) is 0 Å². The Morgan fingerprint density at radius 2 is 1.84 bits per heavy atom. The average Bonchev–Trinajstić information content (AvgIpc) is 2.73. The molecule has 0 spiro atoms. The molecule has 31 heavy (non-hydrogen) atoms. The molecule has 2 heterocycles. The molecule has 1 aliphatic rings. The van der Waals surface area contributed by atoms with E-state index in [1.54, 1.807) is 4.90 Å². The van der Waals surface area contributed by atoms with Gasteiger partial charge in [0.2, 0.25) is 0 Å². The van der Waals surface area contributed by atoms with Crippen molar-refractivity contribution in [1.82, 2.24) is 9.88 Å². The molecule has 3 rings (SSSR count). The summed E-state index contributed by atoms with van der Waals surface area (Å²) in [5, 5.41) is 0. The zero-order chi connectivity index (χ0) is 22.5. The zero-order valence-electron chi connectivity index (χ0n) is 18.6. The number of halogens is 2. The molecule has 0 aliphatic carbocycles. The normalized spacial score (nSPS) is 15.6. The van der Waals surface area contributed by atoms with E-state index in [2.05, 4.69) is 4.98 Å². The van der Waals surface area contributed by atoms with E-state index in [4.69, 9.17) is 9.47 Å². The van der Waals surface area contributed by atoms with Gasteiger partial charge in [0, 0.05) is 30.0 Å². The highest BCUT2D eigenvalue weighted by molar-refractivity contribution is 5.68. The minimum atomic E-state index is -0.732. The molecule has 168 valence electrons. The topological polar surface area (TPSA) is 51.7 Å². The van der Waals surface area contributed by atoms with Gasteiger partial charge >= 0.3 is 6.09 Å². The Bertz CT molecular complexity index is 904. The van der Waals surface area contributed by atoms with Crippen LogP contribution in [0, 0.1) is 31.4 Å². The quantitative estimate of drug-likeness (QED) is 0.590. The van der Waals surface area contributed by atoms with Crippen LogP contribution in [0.1, 0.15) is 44.5 Å². The smallest absolute Gasteiger partial charge is 0.410 e. The lowest BCUT2D eigenvalue weighted by Gasteiger charge is -2.32. The number of aryl methyl sites for hydroxylation is 2. The first-order valence-corrected chi connectivity index (χ1v) is 10.8. The molecule has 1 saturated heterocycles. The van der Waals surface area contributed by atoms with Crippen LogP contribution in [0.3, 0.4) is 0 Å². The van der Waals surface area contributed by atoms with Crippen molar-refractivity contribution in [3.05, 3.63) is 47.3 Å². The fourth-order valence-corrected chi connectivity index (χ4v) is 3.66. The summed E-state index contributed by atoms with van der Waals surface area (Å²) < 4.78 is 40.1. The molecule has 2 aromatic rings. The fourth-order valence-electron chi connectivity index (χ4n) is 3.66. The number of likely N-dealkylation sites (tertiary alicyclic amines) is 1. The first kappa shape index (κ1) is 23.0. The second-order valence-electron chi connectivity index (χ2n) is 8.20. The van der Waals surface area contributed by atoms with Crippen molar-refractivity contribution in [2.75, 3.05) is 19.7 Å². The number of nitrogens with zero attached hydrogens (tertiary/aromatic N) is 2. The first-order chi connectivity index (χ1) is 14.8. The molecule has 1 aromatic carbocycles. The van der Waals surface area contributed by atoms with Gasteiger partial charge < -0.3 is 14.4 Å². The molecule has 0 saturated carbocycles. The lowest BCUT2D eigenvalue weighted by molar-refractivity contribution is 0.0537. The number of pyridine rings is 1. The minimum absolute atomic E-state index is 0.109. The fraction of sp³-hybridized carbons (Fsp3) is 0.500. The van der Waals surface area contributed by atoms with Crippen molar-refractivity contribution in [3.63, 3.8) is 0 Å². The van der Waals surface area contributed by atoms with Crippen molar-refractivity contribution in [3.8, 4) is 16.9 Å². The number of hydrogen-bond donors (Lipinski definition) is 0. The third-order valence-electron chi connectivity index (χ3n) is 5.75. The van der Waals surface area contributed by atoms with E-state index < -0.39 is 11.6 Å². The van der Waals surface area contributed by atoms with Gasteiger partial charge in [-0.05, 0) is 69.7 Å². The molecule has 1 unspecified atom stereocenters. The highest BCUT2D eigenvalue weighted by Crippen LogP contribution is 2.31. The Balaban J connectivity index is 1.58. The van der Waals surface area contributed by atoms with Crippen molar-refractivity contribution in [1.29, 1.82) is 0 Å². The molecular formula is C24H30F2N2O3. The predicted molar refractivity (Wildman–Crippen MR) is 115 cm³/mol. The van der Waals surface area contributed by atoms with E-state index >= 15 is 0 Å². The summed E-state index contributed by atoms with van der Waals surface area (Å²) in [5.41, 5.74) is 2.68. The number of aromatic nitrogens is 1. The van der Waals surface area contributed by atoms with Gasteiger partial charge in [0.05, 0.1) is 6.61 Å². The molecule has 1 fully saturated rings. The van der Waals surface area contributed by atoms with Gasteiger partial charge in [0.15, 0.2) is 17.4 Å². The predicted octanol–water partition coefficient (Wildman–Crippen LogP) is 5.67. The van der Waals surface area contributed by atoms with Crippen molar-refractivity contribution >= 4 is 6.09 Å². The monoisotopic (exact) mass is 432 g/mol. The van der Waals surface area contributed by atoms with Crippen LogP contribution < -0.4 is 4.74 Å². The van der Waals surface area contributed by atoms with E-state index in [1.807, 2.05) is 39.8 Å². The molecule has 0 N–H and O–H groups in total. The number of ether oxygens (including phenoxy) is 2. The Morgan fingerprint density at radius 1 is 1.19 bits per heavy atom. The molecule has 1 aromatic heterocycles. The van der Waals surface area contributed by atoms with Crippen molar-refractivity contribution < 1.29 is 23.0 Å². The molecule has 7 heteroatoms. The maximum atomic E-state index is 14.6. The van der Waals surface area contributed by atoms with Crippen LogP contribution in [0.4, 0.5) is 13.6 Å². The third-order valence-corrected chi connectivity index (χ3v) is 5.75. The number of rotatable bonds is 6. The molecule has 0 bridgehead atoms. The Labute approximate surface area is 182 Å². The molecule has 1 aliphatic heterocycles. The van der Waals surface area contributed by atoms with E-state index in [9.17, 15) is 13.6 Å². The van der Waals surface area contributed by atoms with Crippen LogP contribution in [-0.2, 0) is 4.74 Å². The summed E-state index contributed by atoms with van der Waals surface area (Å²) >= 11 is 0. The second kappa shape index (κ2) is 10.1. The summed E-state index contributed by atoms with van der Waals surface area (Å²) in [4.78, 5) is 18.1. The maximum Gasteiger partial charge on any atom is 0.410 e. The molecule has 1 amide bonds. The van der Waals surface area contributed by atoms with Gasteiger partial charge in [-0.3, -0.25) is 4.98 Å². The lowest BCUT2D eigenvalue weighted by atomic mass is 9.98. The number of amides is 1. The second-order valence-corrected chi connectivity index (χ2v) is 8.20. The van der Waals surface area contributed by atoms with Crippen LogP contribution in [0.5, 0.6) is 5.75 Å².